The Hall–Kier alpha value is -1.22. The second-order valence-corrected chi connectivity index (χ2v) is 4.58. The average molecular weight is 257 g/mol. The molecule has 0 aromatic heterocycles. The minimum atomic E-state index is -0.265. The Kier molecular flexibility index (Phi) is 5.29. The van der Waals surface area contributed by atoms with Gasteiger partial charge in [-0.3, -0.25) is 4.79 Å². The smallest absolute Gasteiger partial charge is 0.312 e. The van der Waals surface area contributed by atoms with E-state index in [0.29, 0.717) is 17.4 Å². The van der Waals surface area contributed by atoms with Crippen LogP contribution in [0.15, 0.2) is 24.3 Å². The molecule has 1 aromatic carbocycles. The van der Waals surface area contributed by atoms with E-state index in [4.69, 9.17) is 21.1 Å². The maximum absolute atomic E-state index is 11.5. The topological polar surface area (TPSA) is 35.5 Å². The van der Waals surface area contributed by atoms with Gasteiger partial charge in [0.2, 0.25) is 0 Å². The van der Waals surface area contributed by atoms with Gasteiger partial charge < -0.3 is 9.47 Å². The zero-order valence-corrected chi connectivity index (χ0v) is 11.0. The molecule has 3 nitrogen and oxygen atoms in total. The van der Waals surface area contributed by atoms with Crippen LogP contribution in [-0.4, -0.2) is 19.7 Å². The predicted molar refractivity (Wildman–Crippen MR) is 67.3 cm³/mol. The van der Waals surface area contributed by atoms with Crippen molar-refractivity contribution in [3.05, 3.63) is 29.3 Å². The van der Waals surface area contributed by atoms with Crippen LogP contribution in [0.4, 0.5) is 0 Å². The van der Waals surface area contributed by atoms with Crippen LogP contribution >= 0.6 is 11.6 Å². The molecule has 1 aromatic rings. The van der Waals surface area contributed by atoms with Gasteiger partial charge in [0.25, 0.3) is 0 Å². The van der Waals surface area contributed by atoms with Gasteiger partial charge in [-0.2, -0.15) is 0 Å². The highest BCUT2D eigenvalue weighted by Gasteiger charge is 2.23. The van der Waals surface area contributed by atoms with E-state index in [1.807, 2.05) is 13.8 Å². The van der Waals surface area contributed by atoms with Crippen LogP contribution in [0.3, 0.4) is 0 Å². The monoisotopic (exact) mass is 256 g/mol. The van der Waals surface area contributed by atoms with Crippen LogP contribution in [0.2, 0.25) is 5.02 Å². The molecule has 0 aliphatic rings. The van der Waals surface area contributed by atoms with E-state index in [2.05, 4.69) is 0 Å². The quantitative estimate of drug-likeness (QED) is 0.759. The molecule has 0 radical (unpaired) electrons. The van der Waals surface area contributed by atoms with Crippen LogP contribution < -0.4 is 4.74 Å². The number of halogens is 1. The molecule has 0 fully saturated rings. The van der Waals surface area contributed by atoms with Crippen LogP contribution in [-0.2, 0) is 9.53 Å². The summed E-state index contributed by atoms with van der Waals surface area (Å²) in [4.78, 5) is 11.5. The summed E-state index contributed by atoms with van der Waals surface area (Å²) in [5.74, 6) is 0.315. The van der Waals surface area contributed by atoms with Gasteiger partial charge in [0.05, 0.1) is 13.0 Å². The average Bonchev–Trinajstić information content (AvgIpc) is 2.28. The maximum atomic E-state index is 11.5. The molecule has 0 spiro atoms. The molecule has 0 saturated carbocycles. The lowest BCUT2D eigenvalue weighted by Crippen LogP contribution is -2.27. The lowest BCUT2D eigenvalue weighted by atomic mass is 9.97. The molecule has 0 amide bonds. The molecule has 0 aliphatic carbocycles. The summed E-state index contributed by atoms with van der Waals surface area (Å²) in [5.41, 5.74) is 0. The summed E-state index contributed by atoms with van der Waals surface area (Å²) in [5, 5.41) is 0.613. The third-order valence-corrected chi connectivity index (χ3v) is 2.77. The highest BCUT2D eigenvalue weighted by Crippen LogP contribution is 2.20. The fourth-order valence-corrected chi connectivity index (χ4v) is 1.61. The zero-order valence-electron chi connectivity index (χ0n) is 10.3. The number of hydrogen-bond acceptors (Lipinski definition) is 3. The normalized spacial score (nSPS) is 12.3. The lowest BCUT2D eigenvalue weighted by molar-refractivity contribution is -0.148. The van der Waals surface area contributed by atoms with Crippen molar-refractivity contribution in [3.63, 3.8) is 0 Å². The van der Waals surface area contributed by atoms with Crippen molar-refractivity contribution < 1.29 is 14.3 Å². The van der Waals surface area contributed by atoms with Crippen LogP contribution in [0.5, 0.6) is 5.75 Å². The minimum absolute atomic E-state index is 0.168. The number of ether oxygens (including phenoxy) is 2. The van der Waals surface area contributed by atoms with Gasteiger partial charge in [-0.1, -0.05) is 31.5 Å². The van der Waals surface area contributed by atoms with Crippen molar-refractivity contribution in [1.82, 2.24) is 0 Å². The Morgan fingerprint density at radius 3 is 2.65 bits per heavy atom. The Morgan fingerprint density at radius 1 is 1.41 bits per heavy atom. The van der Waals surface area contributed by atoms with E-state index in [1.54, 1.807) is 24.3 Å². The van der Waals surface area contributed by atoms with Crippen LogP contribution in [0.25, 0.3) is 0 Å². The Morgan fingerprint density at radius 2 is 2.12 bits per heavy atom. The molecule has 0 bridgehead atoms. The molecular formula is C13H17ClO3. The van der Waals surface area contributed by atoms with Gasteiger partial charge in [-0.25, -0.2) is 0 Å². The van der Waals surface area contributed by atoms with Crippen molar-refractivity contribution in [2.75, 3.05) is 13.7 Å². The first-order valence-electron chi connectivity index (χ1n) is 5.50. The van der Waals surface area contributed by atoms with Crippen molar-refractivity contribution in [3.8, 4) is 5.75 Å². The largest absolute Gasteiger partial charge is 0.493 e. The summed E-state index contributed by atoms with van der Waals surface area (Å²) in [6.07, 6.45) is 0. The summed E-state index contributed by atoms with van der Waals surface area (Å²) < 4.78 is 10.3. The fourth-order valence-electron chi connectivity index (χ4n) is 1.43. The summed E-state index contributed by atoms with van der Waals surface area (Å²) in [6, 6.07) is 7.10. The molecule has 0 N–H and O–H groups in total. The first kappa shape index (κ1) is 13.8. The van der Waals surface area contributed by atoms with E-state index in [9.17, 15) is 4.79 Å². The molecule has 94 valence electrons. The van der Waals surface area contributed by atoms with Crippen molar-refractivity contribution in [2.24, 2.45) is 11.8 Å². The molecule has 0 heterocycles. The van der Waals surface area contributed by atoms with Gasteiger partial charge in [0, 0.05) is 5.02 Å². The molecule has 0 aliphatic heterocycles. The van der Waals surface area contributed by atoms with Gasteiger partial charge in [-0.05, 0) is 24.1 Å². The lowest BCUT2D eigenvalue weighted by Gasteiger charge is -2.18. The summed E-state index contributed by atoms with van der Waals surface area (Å²) in [7, 11) is 1.39. The minimum Gasteiger partial charge on any atom is -0.493 e. The Balaban J connectivity index is 2.61. The van der Waals surface area contributed by atoms with Crippen molar-refractivity contribution >= 4 is 17.6 Å². The maximum Gasteiger partial charge on any atom is 0.312 e. The third-order valence-electron chi connectivity index (χ3n) is 2.53. The molecule has 1 rings (SSSR count). The standard InChI is InChI=1S/C13H17ClO3/c1-9(2)12(13(15)16-3)8-17-11-6-4-5-10(14)7-11/h4-7,9,12H,8H2,1-3H3. The number of carbonyl (C=O) groups is 1. The predicted octanol–water partition coefficient (Wildman–Crippen LogP) is 3.16. The highest BCUT2D eigenvalue weighted by atomic mass is 35.5. The van der Waals surface area contributed by atoms with Crippen molar-refractivity contribution in [2.45, 2.75) is 13.8 Å². The van der Waals surface area contributed by atoms with Gasteiger partial charge in [0.1, 0.15) is 12.4 Å². The number of carbonyl (C=O) groups excluding carboxylic acids is 1. The number of methoxy groups -OCH3 is 1. The summed E-state index contributed by atoms with van der Waals surface area (Å²) >= 11 is 5.84. The zero-order chi connectivity index (χ0) is 12.8. The van der Waals surface area contributed by atoms with Gasteiger partial charge in [0.15, 0.2) is 0 Å². The molecule has 0 saturated heterocycles. The van der Waals surface area contributed by atoms with E-state index in [-0.39, 0.29) is 17.8 Å². The Labute approximate surface area is 107 Å². The highest BCUT2D eigenvalue weighted by molar-refractivity contribution is 6.30. The van der Waals surface area contributed by atoms with Gasteiger partial charge >= 0.3 is 5.97 Å². The molecular weight excluding hydrogens is 240 g/mol. The van der Waals surface area contributed by atoms with Crippen LogP contribution in [0.1, 0.15) is 13.8 Å². The van der Waals surface area contributed by atoms with Crippen molar-refractivity contribution in [1.29, 1.82) is 0 Å². The number of rotatable bonds is 5. The van der Waals surface area contributed by atoms with E-state index < -0.39 is 0 Å². The summed E-state index contributed by atoms with van der Waals surface area (Å²) in [6.45, 7) is 4.22. The van der Waals surface area contributed by atoms with E-state index >= 15 is 0 Å². The van der Waals surface area contributed by atoms with E-state index in [0.717, 1.165) is 0 Å². The first-order chi connectivity index (χ1) is 8.04. The molecule has 4 heteroatoms. The van der Waals surface area contributed by atoms with Gasteiger partial charge in [-0.15, -0.1) is 0 Å². The van der Waals surface area contributed by atoms with Crippen LogP contribution in [0, 0.1) is 11.8 Å². The molecule has 1 atom stereocenters. The number of hydrogen-bond donors (Lipinski definition) is 0. The second-order valence-electron chi connectivity index (χ2n) is 4.14. The third kappa shape index (κ3) is 4.27. The number of benzene rings is 1. The number of esters is 1. The first-order valence-corrected chi connectivity index (χ1v) is 5.88. The second kappa shape index (κ2) is 6.50. The fraction of sp³-hybridized carbons (Fsp3) is 0.462. The molecule has 17 heavy (non-hydrogen) atoms. The van der Waals surface area contributed by atoms with E-state index in [1.165, 1.54) is 7.11 Å². The Bertz CT molecular complexity index is 377. The SMILES string of the molecule is COC(=O)C(COc1cccc(Cl)c1)C(C)C. The molecule has 1 unspecified atom stereocenters.